The summed E-state index contributed by atoms with van der Waals surface area (Å²) in [5.41, 5.74) is 0. The Hall–Kier alpha value is -1.34. The molecule has 1 unspecified atom stereocenters. The highest BCUT2D eigenvalue weighted by atomic mass is 16.5. The minimum absolute atomic E-state index is 0.0458. The highest BCUT2D eigenvalue weighted by Crippen LogP contribution is 2.17. The molecule has 3 atom stereocenters. The number of aliphatic carboxylic acids is 1. The van der Waals surface area contributed by atoms with Crippen molar-refractivity contribution in [1.29, 1.82) is 0 Å². The zero-order valence-electron chi connectivity index (χ0n) is 9.92. The lowest BCUT2D eigenvalue weighted by Crippen LogP contribution is -2.47. The normalized spacial score (nSPS) is 25.7. The molecule has 1 aliphatic rings. The van der Waals surface area contributed by atoms with Crippen molar-refractivity contribution in [2.45, 2.75) is 31.6 Å². The molecule has 1 saturated heterocycles. The average Bonchev–Trinajstić information content (AvgIpc) is 2.67. The molecule has 0 aliphatic carbocycles. The van der Waals surface area contributed by atoms with Crippen LogP contribution < -0.4 is 5.32 Å². The number of likely N-dealkylation sites (tertiary alicyclic amines) is 1. The van der Waals surface area contributed by atoms with E-state index in [0.717, 1.165) is 4.90 Å². The molecule has 98 valence electrons. The number of nitrogens with zero attached hydrogens (tertiary/aromatic N) is 1. The van der Waals surface area contributed by atoms with Gasteiger partial charge >= 0.3 is 12.0 Å². The van der Waals surface area contributed by atoms with E-state index in [-0.39, 0.29) is 19.1 Å². The maximum Gasteiger partial charge on any atom is 0.326 e. The molecule has 1 heterocycles. The summed E-state index contributed by atoms with van der Waals surface area (Å²) in [5.74, 6) is -1.10. The van der Waals surface area contributed by atoms with E-state index in [1.807, 2.05) is 0 Å². The first kappa shape index (κ1) is 13.7. The van der Waals surface area contributed by atoms with Gasteiger partial charge in [0.15, 0.2) is 0 Å². The summed E-state index contributed by atoms with van der Waals surface area (Å²) >= 11 is 0. The van der Waals surface area contributed by atoms with Gasteiger partial charge in [0.25, 0.3) is 0 Å². The zero-order valence-corrected chi connectivity index (χ0v) is 9.92. The predicted molar refractivity (Wildman–Crippen MR) is 58.6 cm³/mol. The highest BCUT2D eigenvalue weighted by Gasteiger charge is 2.38. The van der Waals surface area contributed by atoms with Gasteiger partial charge in [-0.2, -0.15) is 0 Å². The molecule has 7 nitrogen and oxygen atoms in total. The number of hydrogen-bond donors (Lipinski definition) is 3. The first-order chi connectivity index (χ1) is 7.95. The maximum absolute atomic E-state index is 11.7. The standard InChI is InChI=1S/C10H18N2O5/c1-6(17-2)4-11-10(16)12-5-7(13)3-8(12)9(14)15/h6-8,13H,3-5H2,1-2H3,(H,11,16)(H,14,15)/t6?,7-,8+/m1/s1. The average molecular weight is 246 g/mol. The Balaban J connectivity index is 2.52. The van der Waals surface area contributed by atoms with Crippen LogP contribution in [0.25, 0.3) is 0 Å². The molecule has 1 aliphatic heterocycles. The van der Waals surface area contributed by atoms with E-state index in [4.69, 9.17) is 9.84 Å². The largest absolute Gasteiger partial charge is 0.480 e. The van der Waals surface area contributed by atoms with E-state index in [1.54, 1.807) is 6.92 Å². The van der Waals surface area contributed by atoms with Gasteiger partial charge in [-0.3, -0.25) is 0 Å². The molecule has 7 heteroatoms. The van der Waals surface area contributed by atoms with E-state index in [9.17, 15) is 14.7 Å². The maximum atomic E-state index is 11.7. The number of ether oxygens (including phenoxy) is 1. The summed E-state index contributed by atoms with van der Waals surface area (Å²) in [6, 6.07) is -1.44. The van der Waals surface area contributed by atoms with Crippen LogP contribution in [0.1, 0.15) is 13.3 Å². The summed E-state index contributed by atoms with van der Waals surface area (Å²) in [7, 11) is 1.52. The van der Waals surface area contributed by atoms with Crippen LogP contribution in [-0.4, -0.2) is 65.6 Å². The van der Waals surface area contributed by atoms with Gasteiger partial charge in [-0.05, 0) is 6.92 Å². The van der Waals surface area contributed by atoms with E-state index in [2.05, 4.69) is 5.32 Å². The van der Waals surface area contributed by atoms with Crippen molar-refractivity contribution >= 4 is 12.0 Å². The number of carbonyl (C=O) groups is 2. The van der Waals surface area contributed by atoms with Crippen LogP contribution in [0, 0.1) is 0 Å². The molecule has 0 radical (unpaired) electrons. The van der Waals surface area contributed by atoms with Crippen LogP contribution in [-0.2, 0) is 9.53 Å². The van der Waals surface area contributed by atoms with E-state index in [0.29, 0.717) is 6.54 Å². The summed E-state index contributed by atoms with van der Waals surface area (Å²) in [5, 5.41) is 20.9. The zero-order chi connectivity index (χ0) is 13.0. The lowest BCUT2D eigenvalue weighted by molar-refractivity contribution is -0.141. The molecule has 2 amide bonds. The van der Waals surface area contributed by atoms with Crippen molar-refractivity contribution in [3.05, 3.63) is 0 Å². The molecular formula is C10H18N2O5. The molecule has 0 spiro atoms. The number of carboxylic acids is 1. The number of urea groups is 1. The van der Waals surface area contributed by atoms with Gasteiger partial charge in [0.1, 0.15) is 6.04 Å². The number of hydrogen-bond acceptors (Lipinski definition) is 4. The van der Waals surface area contributed by atoms with Crippen LogP contribution in [0.4, 0.5) is 4.79 Å². The SMILES string of the molecule is COC(C)CNC(=O)N1C[C@H](O)C[C@H]1C(=O)O. The molecule has 1 fully saturated rings. The number of aliphatic hydroxyl groups is 1. The van der Waals surface area contributed by atoms with Gasteiger partial charge in [0.05, 0.1) is 12.2 Å². The minimum atomic E-state index is -1.10. The molecule has 0 aromatic heterocycles. The molecule has 0 bridgehead atoms. The van der Waals surface area contributed by atoms with Crippen LogP contribution in [0.3, 0.4) is 0 Å². The molecule has 0 saturated carbocycles. The molecular weight excluding hydrogens is 228 g/mol. The Morgan fingerprint density at radius 1 is 1.59 bits per heavy atom. The number of carbonyl (C=O) groups excluding carboxylic acids is 1. The third-order valence-electron chi connectivity index (χ3n) is 2.77. The van der Waals surface area contributed by atoms with Crippen molar-refractivity contribution in [2.75, 3.05) is 20.2 Å². The molecule has 1 rings (SSSR count). The minimum Gasteiger partial charge on any atom is -0.480 e. The molecule has 3 N–H and O–H groups in total. The Bertz CT molecular complexity index is 296. The summed E-state index contributed by atoms with van der Waals surface area (Å²) in [6.07, 6.45) is -0.848. The highest BCUT2D eigenvalue weighted by molar-refractivity contribution is 5.83. The van der Waals surface area contributed by atoms with Crippen LogP contribution in [0.5, 0.6) is 0 Å². The topological polar surface area (TPSA) is 99.1 Å². The first-order valence-electron chi connectivity index (χ1n) is 5.43. The van der Waals surface area contributed by atoms with Crippen molar-refractivity contribution < 1.29 is 24.5 Å². The number of carboxylic acid groups (broad SMARTS) is 1. The summed E-state index contributed by atoms with van der Waals surface area (Å²) in [4.78, 5) is 23.7. The number of aliphatic hydroxyl groups excluding tert-OH is 1. The first-order valence-corrected chi connectivity index (χ1v) is 5.43. The smallest absolute Gasteiger partial charge is 0.326 e. The van der Waals surface area contributed by atoms with Gasteiger partial charge in [-0.25, -0.2) is 9.59 Å². The Kier molecular flexibility index (Phi) is 4.71. The van der Waals surface area contributed by atoms with E-state index in [1.165, 1.54) is 7.11 Å². The Morgan fingerprint density at radius 2 is 2.24 bits per heavy atom. The number of nitrogens with one attached hydrogen (secondary N) is 1. The second-order valence-corrected chi connectivity index (χ2v) is 4.13. The van der Waals surface area contributed by atoms with Gasteiger partial charge < -0.3 is 25.2 Å². The Morgan fingerprint density at radius 3 is 2.76 bits per heavy atom. The third kappa shape index (κ3) is 3.57. The second-order valence-electron chi connectivity index (χ2n) is 4.13. The van der Waals surface area contributed by atoms with Crippen LogP contribution >= 0.6 is 0 Å². The van der Waals surface area contributed by atoms with E-state index >= 15 is 0 Å². The van der Waals surface area contributed by atoms with Gasteiger partial charge in [0, 0.05) is 26.6 Å². The fourth-order valence-electron chi connectivity index (χ4n) is 1.69. The van der Waals surface area contributed by atoms with Crippen LogP contribution in [0.15, 0.2) is 0 Å². The number of β-amino-alcohol motifs (C(OH)–C–C–N with tert-alkyl or cyclic N) is 1. The van der Waals surface area contributed by atoms with Crippen molar-refractivity contribution in [3.8, 4) is 0 Å². The fourth-order valence-corrected chi connectivity index (χ4v) is 1.69. The molecule has 0 aromatic rings. The monoisotopic (exact) mass is 246 g/mol. The number of amides is 2. The summed E-state index contributed by atoms with van der Waals surface area (Å²) < 4.78 is 4.96. The van der Waals surface area contributed by atoms with E-state index < -0.39 is 24.1 Å². The van der Waals surface area contributed by atoms with Crippen LogP contribution in [0.2, 0.25) is 0 Å². The predicted octanol–water partition coefficient (Wildman–Crippen LogP) is -0.749. The molecule has 17 heavy (non-hydrogen) atoms. The van der Waals surface area contributed by atoms with Crippen molar-refractivity contribution in [1.82, 2.24) is 10.2 Å². The van der Waals surface area contributed by atoms with Crippen molar-refractivity contribution in [2.24, 2.45) is 0 Å². The lowest BCUT2D eigenvalue weighted by Gasteiger charge is -2.22. The third-order valence-corrected chi connectivity index (χ3v) is 2.77. The summed E-state index contributed by atoms with van der Waals surface area (Å²) in [6.45, 7) is 2.13. The Labute approximate surface area is 99.4 Å². The van der Waals surface area contributed by atoms with Gasteiger partial charge in [-0.1, -0.05) is 0 Å². The van der Waals surface area contributed by atoms with Crippen molar-refractivity contribution in [3.63, 3.8) is 0 Å². The van der Waals surface area contributed by atoms with Gasteiger partial charge in [0.2, 0.25) is 0 Å². The quantitative estimate of drug-likeness (QED) is 0.606. The lowest BCUT2D eigenvalue weighted by atomic mass is 10.2. The van der Waals surface area contributed by atoms with Gasteiger partial charge in [-0.15, -0.1) is 0 Å². The number of methoxy groups -OCH3 is 1. The fraction of sp³-hybridized carbons (Fsp3) is 0.800. The second kappa shape index (κ2) is 5.83. The molecule has 0 aromatic carbocycles. The number of rotatable bonds is 4.